The van der Waals surface area contributed by atoms with Crippen LogP contribution in [0.4, 0.5) is 0 Å². The number of amides is 1. The number of hydrogen-bond acceptors (Lipinski definition) is 6. The number of esters is 1. The van der Waals surface area contributed by atoms with Crippen molar-refractivity contribution >= 4 is 11.9 Å². The van der Waals surface area contributed by atoms with Gasteiger partial charge >= 0.3 is 5.97 Å². The van der Waals surface area contributed by atoms with Crippen LogP contribution in [-0.4, -0.2) is 30.7 Å². The van der Waals surface area contributed by atoms with Gasteiger partial charge in [-0.25, -0.2) is 0 Å². The molecule has 1 unspecified atom stereocenters. The number of carbonyl (C=O) groups is 2. The highest BCUT2D eigenvalue weighted by Gasteiger charge is 2.20. The summed E-state index contributed by atoms with van der Waals surface area (Å²) in [5, 5.41) is 10.2. The van der Waals surface area contributed by atoms with Gasteiger partial charge in [-0.3, -0.25) is 9.59 Å². The molecular formula is C26H27NO6. The Hall–Kier alpha value is -3.84. The highest BCUT2D eigenvalue weighted by atomic mass is 16.5. The molecule has 0 spiro atoms. The summed E-state index contributed by atoms with van der Waals surface area (Å²) in [6.45, 7) is 0.277. The summed E-state index contributed by atoms with van der Waals surface area (Å²) < 4.78 is 16.6. The van der Waals surface area contributed by atoms with E-state index >= 15 is 0 Å². The molecule has 0 aliphatic carbocycles. The van der Waals surface area contributed by atoms with Gasteiger partial charge in [-0.15, -0.1) is 0 Å². The highest BCUT2D eigenvalue weighted by molar-refractivity contribution is 5.81. The van der Waals surface area contributed by atoms with Crippen molar-refractivity contribution in [2.75, 3.05) is 13.7 Å². The minimum Gasteiger partial charge on any atom is -0.493 e. The predicted octanol–water partition coefficient (Wildman–Crippen LogP) is 4.39. The van der Waals surface area contributed by atoms with E-state index in [-0.39, 0.29) is 30.3 Å². The first-order chi connectivity index (χ1) is 16.0. The number of aliphatic hydroxyl groups excluding tert-OH is 1. The molecule has 33 heavy (non-hydrogen) atoms. The topological polar surface area (TPSA) is 108 Å². The van der Waals surface area contributed by atoms with E-state index < -0.39 is 12.0 Å². The van der Waals surface area contributed by atoms with Crippen molar-refractivity contribution in [3.05, 3.63) is 78.4 Å². The van der Waals surface area contributed by atoms with Crippen molar-refractivity contribution in [1.82, 2.24) is 0 Å². The summed E-state index contributed by atoms with van der Waals surface area (Å²) in [4.78, 5) is 22.8. The van der Waals surface area contributed by atoms with Gasteiger partial charge in [-0.05, 0) is 36.6 Å². The van der Waals surface area contributed by atoms with Crippen LogP contribution >= 0.6 is 0 Å². The number of unbranched alkanes of at least 4 members (excludes halogenated alkanes) is 1. The number of rotatable bonds is 11. The van der Waals surface area contributed by atoms with Crippen molar-refractivity contribution in [3.8, 4) is 28.4 Å². The molecule has 3 rings (SSSR count). The van der Waals surface area contributed by atoms with Gasteiger partial charge in [-0.1, -0.05) is 48.5 Å². The minimum atomic E-state index is -1.51. The zero-order valence-corrected chi connectivity index (χ0v) is 18.4. The SMILES string of the molecule is COC(=O)CCCCOc1cc(Oc2ccccc2-c2ccccc2)ccc1C(O)C(N)=O. The fourth-order valence-electron chi connectivity index (χ4n) is 3.28. The van der Waals surface area contributed by atoms with Crippen molar-refractivity contribution in [2.24, 2.45) is 5.73 Å². The summed E-state index contributed by atoms with van der Waals surface area (Å²) in [7, 11) is 1.35. The molecule has 3 aromatic carbocycles. The van der Waals surface area contributed by atoms with E-state index in [1.165, 1.54) is 7.11 Å². The molecule has 3 N–H and O–H groups in total. The second-order valence-electron chi connectivity index (χ2n) is 7.35. The third-order valence-corrected chi connectivity index (χ3v) is 5.01. The molecular weight excluding hydrogens is 422 g/mol. The van der Waals surface area contributed by atoms with Gasteiger partial charge in [0.1, 0.15) is 17.2 Å². The largest absolute Gasteiger partial charge is 0.493 e. The number of benzene rings is 3. The van der Waals surface area contributed by atoms with E-state index in [0.717, 1.165) is 11.1 Å². The third-order valence-electron chi connectivity index (χ3n) is 5.01. The lowest BCUT2D eigenvalue weighted by atomic mass is 10.0. The Bertz CT molecular complexity index is 1080. The van der Waals surface area contributed by atoms with Crippen LogP contribution in [0.3, 0.4) is 0 Å². The van der Waals surface area contributed by atoms with Crippen molar-refractivity contribution in [1.29, 1.82) is 0 Å². The summed E-state index contributed by atoms with van der Waals surface area (Å²) in [6, 6.07) is 22.3. The molecule has 0 heterocycles. The molecule has 7 nitrogen and oxygen atoms in total. The predicted molar refractivity (Wildman–Crippen MR) is 124 cm³/mol. The van der Waals surface area contributed by atoms with E-state index in [2.05, 4.69) is 4.74 Å². The van der Waals surface area contributed by atoms with Gasteiger partial charge in [-0.2, -0.15) is 0 Å². The number of ether oxygens (including phenoxy) is 3. The highest BCUT2D eigenvalue weighted by Crippen LogP contribution is 2.36. The smallest absolute Gasteiger partial charge is 0.305 e. The van der Waals surface area contributed by atoms with Crippen LogP contribution in [0.2, 0.25) is 0 Å². The maximum atomic E-state index is 11.5. The standard InChI is InChI=1S/C26H27NO6/c1-31-24(28)13-7-8-16-32-23-17-19(14-15-21(23)25(29)26(27)30)33-22-12-6-5-11-20(22)18-9-3-2-4-10-18/h2-6,9-12,14-15,17,25,29H,7-8,13,16H2,1H3,(H2,27,30). The molecule has 0 radical (unpaired) electrons. The van der Waals surface area contributed by atoms with Gasteiger partial charge in [0, 0.05) is 23.6 Å². The number of aliphatic hydroxyl groups is 1. The molecule has 0 fully saturated rings. The Morgan fingerprint density at radius 1 is 0.939 bits per heavy atom. The van der Waals surface area contributed by atoms with Crippen molar-refractivity contribution in [2.45, 2.75) is 25.4 Å². The van der Waals surface area contributed by atoms with Crippen LogP contribution < -0.4 is 15.2 Å². The lowest BCUT2D eigenvalue weighted by Crippen LogP contribution is -2.21. The van der Waals surface area contributed by atoms with E-state index in [9.17, 15) is 14.7 Å². The molecule has 3 aromatic rings. The van der Waals surface area contributed by atoms with Crippen LogP contribution in [0.25, 0.3) is 11.1 Å². The monoisotopic (exact) mass is 449 g/mol. The minimum absolute atomic E-state index is 0.249. The molecule has 7 heteroatoms. The average Bonchev–Trinajstić information content (AvgIpc) is 2.84. The third kappa shape index (κ3) is 6.57. The first-order valence-electron chi connectivity index (χ1n) is 10.6. The molecule has 0 saturated carbocycles. The average molecular weight is 450 g/mol. The summed E-state index contributed by atoms with van der Waals surface area (Å²) in [6.07, 6.45) is -0.0547. The summed E-state index contributed by atoms with van der Waals surface area (Å²) in [5.74, 6) is 0.245. The summed E-state index contributed by atoms with van der Waals surface area (Å²) >= 11 is 0. The number of methoxy groups -OCH3 is 1. The lowest BCUT2D eigenvalue weighted by molar-refractivity contribution is -0.140. The Labute approximate surface area is 192 Å². The summed E-state index contributed by atoms with van der Waals surface area (Å²) in [5.41, 5.74) is 7.46. The fourth-order valence-corrected chi connectivity index (χ4v) is 3.28. The fraction of sp³-hybridized carbons (Fsp3) is 0.231. The molecule has 0 aromatic heterocycles. The zero-order chi connectivity index (χ0) is 23.6. The van der Waals surface area contributed by atoms with Crippen LogP contribution in [0, 0.1) is 0 Å². The van der Waals surface area contributed by atoms with Crippen LogP contribution in [0.1, 0.15) is 30.9 Å². The Morgan fingerprint density at radius 3 is 2.39 bits per heavy atom. The maximum Gasteiger partial charge on any atom is 0.305 e. The number of carbonyl (C=O) groups excluding carboxylic acids is 2. The second kappa shape index (κ2) is 11.7. The molecule has 1 amide bonds. The number of para-hydroxylation sites is 1. The van der Waals surface area contributed by atoms with Gasteiger partial charge in [0.05, 0.1) is 13.7 Å². The maximum absolute atomic E-state index is 11.5. The van der Waals surface area contributed by atoms with Gasteiger partial charge < -0.3 is 25.1 Å². The molecule has 1 atom stereocenters. The van der Waals surface area contributed by atoms with E-state index in [1.807, 2.05) is 54.6 Å². The number of nitrogens with two attached hydrogens (primary N) is 1. The normalized spacial score (nSPS) is 11.5. The lowest BCUT2D eigenvalue weighted by Gasteiger charge is -2.17. The number of primary amides is 1. The van der Waals surface area contributed by atoms with E-state index in [0.29, 0.717) is 24.3 Å². The van der Waals surface area contributed by atoms with E-state index in [1.54, 1.807) is 18.2 Å². The van der Waals surface area contributed by atoms with E-state index in [4.69, 9.17) is 15.2 Å². The van der Waals surface area contributed by atoms with Crippen LogP contribution in [-0.2, 0) is 14.3 Å². The Kier molecular flexibility index (Phi) is 8.43. The van der Waals surface area contributed by atoms with Gasteiger partial charge in [0.15, 0.2) is 6.10 Å². The number of hydrogen-bond donors (Lipinski definition) is 2. The molecule has 0 saturated heterocycles. The Morgan fingerprint density at radius 2 is 1.67 bits per heavy atom. The van der Waals surface area contributed by atoms with Crippen molar-refractivity contribution < 1.29 is 28.9 Å². The molecule has 0 aliphatic heterocycles. The van der Waals surface area contributed by atoms with Crippen LogP contribution in [0.5, 0.6) is 17.2 Å². The first kappa shape index (κ1) is 23.8. The van der Waals surface area contributed by atoms with Gasteiger partial charge in [0.25, 0.3) is 5.91 Å². The van der Waals surface area contributed by atoms with Gasteiger partial charge in [0.2, 0.25) is 0 Å². The first-order valence-corrected chi connectivity index (χ1v) is 10.6. The molecule has 0 aliphatic rings. The van der Waals surface area contributed by atoms with Crippen LogP contribution in [0.15, 0.2) is 72.8 Å². The molecule has 172 valence electrons. The quantitative estimate of drug-likeness (QED) is 0.332. The van der Waals surface area contributed by atoms with Crippen molar-refractivity contribution in [3.63, 3.8) is 0 Å². The zero-order valence-electron chi connectivity index (χ0n) is 18.4. The molecule has 0 bridgehead atoms. The Balaban J connectivity index is 1.80. The second-order valence-corrected chi connectivity index (χ2v) is 7.35.